The average Bonchev–Trinajstić information content (AvgIpc) is 3.29. The summed E-state index contributed by atoms with van der Waals surface area (Å²) in [5.74, 6) is 0.195. The van der Waals surface area contributed by atoms with Crippen LogP contribution in [0.15, 0.2) is 73.1 Å². The van der Waals surface area contributed by atoms with Gasteiger partial charge in [-0.15, -0.1) is 0 Å². The van der Waals surface area contributed by atoms with E-state index in [9.17, 15) is 9.90 Å². The smallest absolute Gasteiger partial charge is 0.317 e. The number of carbonyl (C=O) groups excluding carboxylic acids is 1. The molecular formula is C24H28N4O2. The fraction of sp³-hybridized carbons (Fsp3) is 0.333. The number of piperidine rings is 1. The number of aliphatic hydroxyl groups excluding tert-OH is 1. The van der Waals surface area contributed by atoms with E-state index in [2.05, 4.69) is 10.4 Å². The van der Waals surface area contributed by atoms with Crippen LogP contribution in [0.3, 0.4) is 0 Å². The van der Waals surface area contributed by atoms with E-state index < -0.39 is 6.10 Å². The lowest BCUT2D eigenvalue weighted by molar-refractivity contribution is 0.0666. The standard InChI is InChI=1S/C24H28N4O2/c29-23(20-7-3-1-4-8-20)21-12-15-27(16-13-21)24(30)25-14-11-19-17-26-28(18-19)22-9-5-2-6-10-22/h1-10,17-18,21,23,29H,11-16H2,(H,25,30). The number of aromatic nitrogens is 2. The predicted molar refractivity (Wildman–Crippen MR) is 116 cm³/mol. The van der Waals surface area contributed by atoms with Gasteiger partial charge in [0.2, 0.25) is 0 Å². The zero-order valence-corrected chi connectivity index (χ0v) is 17.0. The highest BCUT2D eigenvalue weighted by atomic mass is 16.3. The first kappa shape index (κ1) is 20.2. The molecule has 4 rings (SSSR count). The zero-order chi connectivity index (χ0) is 20.8. The minimum atomic E-state index is -0.461. The van der Waals surface area contributed by atoms with Crippen LogP contribution in [0.2, 0.25) is 0 Å². The number of para-hydroxylation sites is 1. The van der Waals surface area contributed by atoms with Crippen LogP contribution in [-0.4, -0.2) is 45.5 Å². The Hall–Kier alpha value is -3.12. The van der Waals surface area contributed by atoms with Crippen molar-refractivity contribution in [1.29, 1.82) is 0 Å². The number of aliphatic hydroxyl groups is 1. The molecule has 1 aliphatic heterocycles. The van der Waals surface area contributed by atoms with Crippen molar-refractivity contribution in [3.8, 4) is 5.69 Å². The highest BCUT2D eigenvalue weighted by Gasteiger charge is 2.28. The van der Waals surface area contributed by atoms with Crippen molar-refractivity contribution in [2.24, 2.45) is 5.92 Å². The first-order chi connectivity index (χ1) is 14.7. The number of hydrogen-bond acceptors (Lipinski definition) is 3. The van der Waals surface area contributed by atoms with Crippen LogP contribution in [-0.2, 0) is 6.42 Å². The fourth-order valence-corrected chi connectivity index (χ4v) is 3.98. The Morgan fingerprint density at radius 3 is 2.43 bits per heavy atom. The fourth-order valence-electron chi connectivity index (χ4n) is 3.98. The van der Waals surface area contributed by atoms with Crippen molar-refractivity contribution >= 4 is 6.03 Å². The van der Waals surface area contributed by atoms with E-state index in [1.807, 2.05) is 82.6 Å². The lowest BCUT2D eigenvalue weighted by Gasteiger charge is -2.34. The number of benzene rings is 2. The molecule has 2 heterocycles. The molecule has 156 valence electrons. The molecule has 1 unspecified atom stereocenters. The van der Waals surface area contributed by atoms with E-state index in [4.69, 9.17) is 0 Å². The first-order valence-corrected chi connectivity index (χ1v) is 10.6. The molecule has 6 nitrogen and oxygen atoms in total. The minimum absolute atomic E-state index is 0.0295. The molecule has 0 saturated carbocycles. The molecule has 0 bridgehead atoms. The molecule has 1 fully saturated rings. The van der Waals surface area contributed by atoms with Gasteiger partial charge in [-0.2, -0.15) is 5.10 Å². The van der Waals surface area contributed by atoms with Gasteiger partial charge in [0.1, 0.15) is 0 Å². The number of rotatable bonds is 6. The molecule has 0 radical (unpaired) electrons. The lowest BCUT2D eigenvalue weighted by Crippen LogP contribution is -2.45. The highest BCUT2D eigenvalue weighted by Crippen LogP contribution is 2.30. The Kier molecular flexibility index (Phi) is 6.44. The van der Waals surface area contributed by atoms with Gasteiger partial charge in [0.05, 0.1) is 18.0 Å². The molecule has 6 heteroatoms. The number of amides is 2. The van der Waals surface area contributed by atoms with E-state index in [0.717, 1.165) is 36.1 Å². The van der Waals surface area contributed by atoms with Gasteiger partial charge >= 0.3 is 6.03 Å². The van der Waals surface area contributed by atoms with Crippen LogP contribution < -0.4 is 5.32 Å². The first-order valence-electron chi connectivity index (χ1n) is 10.6. The lowest BCUT2D eigenvalue weighted by atomic mass is 9.87. The third-order valence-electron chi connectivity index (χ3n) is 5.76. The Morgan fingerprint density at radius 2 is 1.73 bits per heavy atom. The number of carbonyl (C=O) groups is 1. The summed E-state index contributed by atoms with van der Waals surface area (Å²) in [5.41, 5.74) is 3.06. The SMILES string of the molecule is O=C(NCCc1cnn(-c2ccccc2)c1)N1CCC(C(O)c2ccccc2)CC1. The summed E-state index contributed by atoms with van der Waals surface area (Å²) in [6.45, 7) is 1.92. The largest absolute Gasteiger partial charge is 0.388 e. The molecule has 1 saturated heterocycles. The monoisotopic (exact) mass is 404 g/mol. The van der Waals surface area contributed by atoms with E-state index >= 15 is 0 Å². The minimum Gasteiger partial charge on any atom is -0.388 e. The molecule has 2 aromatic carbocycles. The van der Waals surface area contributed by atoms with E-state index in [0.29, 0.717) is 19.6 Å². The molecule has 2 amide bonds. The van der Waals surface area contributed by atoms with Gasteiger partial charge < -0.3 is 15.3 Å². The van der Waals surface area contributed by atoms with Crippen molar-refractivity contribution < 1.29 is 9.90 Å². The molecule has 0 spiro atoms. The molecule has 1 aromatic heterocycles. The van der Waals surface area contributed by atoms with E-state index in [1.165, 1.54) is 0 Å². The van der Waals surface area contributed by atoms with Crippen LogP contribution in [0, 0.1) is 5.92 Å². The normalized spacial score (nSPS) is 15.7. The van der Waals surface area contributed by atoms with Gasteiger partial charge in [0, 0.05) is 25.8 Å². The Balaban J connectivity index is 1.21. The van der Waals surface area contributed by atoms with E-state index in [-0.39, 0.29) is 11.9 Å². The van der Waals surface area contributed by atoms with Crippen LogP contribution in [0.1, 0.15) is 30.1 Å². The quantitative estimate of drug-likeness (QED) is 0.660. The average molecular weight is 405 g/mol. The summed E-state index contributed by atoms with van der Waals surface area (Å²) >= 11 is 0. The summed E-state index contributed by atoms with van der Waals surface area (Å²) in [5, 5.41) is 18.0. The van der Waals surface area contributed by atoms with E-state index in [1.54, 1.807) is 0 Å². The number of nitrogens with one attached hydrogen (secondary N) is 1. The Morgan fingerprint density at radius 1 is 1.07 bits per heavy atom. The Bertz CT molecular complexity index is 934. The van der Waals surface area contributed by atoms with Crippen LogP contribution >= 0.6 is 0 Å². The number of likely N-dealkylation sites (tertiary alicyclic amines) is 1. The van der Waals surface area contributed by atoms with Gasteiger partial charge in [0.15, 0.2) is 0 Å². The van der Waals surface area contributed by atoms with Crippen LogP contribution in [0.4, 0.5) is 4.79 Å². The summed E-state index contributed by atoms with van der Waals surface area (Å²) in [6.07, 6.45) is 5.74. The third-order valence-corrected chi connectivity index (χ3v) is 5.76. The number of hydrogen-bond donors (Lipinski definition) is 2. The van der Waals surface area contributed by atoms with Gasteiger partial charge in [0.25, 0.3) is 0 Å². The summed E-state index contributed by atoms with van der Waals surface area (Å²) in [4.78, 5) is 14.3. The van der Waals surface area contributed by atoms with Crippen molar-refractivity contribution in [1.82, 2.24) is 20.0 Å². The summed E-state index contributed by atoms with van der Waals surface area (Å²) in [6, 6.07) is 19.7. The Labute approximate surface area is 177 Å². The maximum atomic E-state index is 12.5. The van der Waals surface area contributed by atoms with Gasteiger partial charge in [-0.05, 0) is 48.4 Å². The highest BCUT2D eigenvalue weighted by molar-refractivity contribution is 5.74. The second-order valence-corrected chi connectivity index (χ2v) is 7.79. The maximum Gasteiger partial charge on any atom is 0.317 e. The molecule has 1 atom stereocenters. The van der Waals surface area contributed by atoms with Crippen molar-refractivity contribution in [2.45, 2.75) is 25.4 Å². The molecule has 30 heavy (non-hydrogen) atoms. The van der Waals surface area contributed by atoms with Crippen LogP contribution in [0.25, 0.3) is 5.69 Å². The number of urea groups is 1. The molecule has 1 aliphatic rings. The molecular weight excluding hydrogens is 376 g/mol. The van der Waals surface area contributed by atoms with Gasteiger partial charge in [-0.3, -0.25) is 0 Å². The summed E-state index contributed by atoms with van der Waals surface area (Å²) < 4.78 is 1.85. The molecule has 0 aliphatic carbocycles. The van der Waals surface area contributed by atoms with Crippen molar-refractivity contribution in [2.75, 3.05) is 19.6 Å². The predicted octanol–water partition coefficient (Wildman–Crippen LogP) is 3.57. The van der Waals surface area contributed by atoms with Crippen LogP contribution in [0.5, 0.6) is 0 Å². The van der Waals surface area contributed by atoms with Crippen molar-refractivity contribution in [3.63, 3.8) is 0 Å². The topological polar surface area (TPSA) is 70.4 Å². The van der Waals surface area contributed by atoms with Gasteiger partial charge in [-0.25, -0.2) is 9.48 Å². The van der Waals surface area contributed by atoms with Gasteiger partial charge in [-0.1, -0.05) is 48.5 Å². The molecule has 3 aromatic rings. The maximum absolute atomic E-state index is 12.5. The summed E-state index contributed by atoms with van der Waals surface area (Å²) in [7, 11) is 0. The molecule has 2 N–H and O–H groups in total. The second kappa shape index (κ2) is 9.59. The second-order valence-electron chi connectivity index (χ2n) is 7.79. The zero-order valence-electron chi connectivity index (χ0n) is 17.0. The van der Waals surface area contributed by atoms with Crippen molar-refractivity contribution in [3.05, 3.63) is 84.2 Å². The third kappa shape index (κ3) is 4.89. The number of nitrogens with zero attached hydrogens (tertiary/aromatic N) is 3.